The van der Waals surface area contributed by atoms with E-state index in [4.69, 9.17) is 0 Å². The maximum absolute atomic E-state index is 12.5. The average Bonchev–Trinajstić information content (AvgIpc) is 3.07. The Kier molecular flexibility index (Phi) is 6.49. The van der Waals surface area contributed by atoms with Crippen molar-refractivity contribution in [3.05, 3.63) is 0 Å². The Bertz CT molecular complexity index is 772. The molecule has 1 N–H and O–H groups in total. The molecule has 4 fully saturated rings. The number of nitrogens with zero attached hydrogens (tertiary/aromatic N) is 1. The molecular weight excluding hydrogens is 408 g/mol. The summed E-state index contributed by atoms with van der Waals surface area (Å²) in [7, 11) is 2.06. The number of likely N-dealkylation sites (tertiary alicyclic amines) is 1. The lowest BCUT2D eigenvalue weighted by molar-refractivity contribution is -0.167. The molecular formula is C29H50N2O2. The Morgan fingerprint density at radius 2 is 1.79 bits per heavy atom. The molecule has 33 heavy (non-hydrogen) atoms. The Morgan fingerprint density at radius 3 is 2.45 bits per heavy atom. The second-order valence-corrected chi connectivity index (χ2v) is 14.1. The van der Waals surface area contributed by atoms with Gasteiger partial charge in [0.2, 0.25) is 11.8 Å². The van der Waals surface area contributed by atoms with Crippen LogP contribution in [0.1, 0.15) is 106 Å². The summed E-state index contributed by atoms with van der Waals surface area (Å²) in [6.45, 7) is 16.2. The molecule has 3 saturated carbocycles. The minimum absolute atomic E-state index is 0.147. The lowest BCUT2D eigenvalue weighted by Gasteiger charge is -2.64. The molecule has 0 bridgehead atoms. The van der Waals surface area contributed by atoms with Gasteiger partial charge in [-0.2, -0.15) is 0 Å². The standard InChI is InChI=1S/C29H50N2O2/c1-18(9-12-24(32)30-27(3,4)5)20-10-11-21-26-19(2)17-23-29(7,16-14-25(33)31(23)8)22(26)13-15-28(20,21)6/h18-23,26H,9-17H2,1-8H3,(H,30,32)/t18-,19?,20-,21+,22+,23-,26+,28-,29-/m1/s1. The highest BCUT2D eigenvalue weighted by Crippen LogP contribution is 2.68. The van der Waals surface area contributed by atoms with Gasteiger partial charge >= 0.3 is 0 Å². The van der Waals surface area contributed by atoms with Gasteiger partial charge in [-0.3, -0.25) is 9.59 Å². The van der Waals surface area contributed by atoms with E-state index < -0.39 is 0 Å². The number of hydrogen-bond acceptors (Lipinski definition) is 2. The molecule has 1 aliphatic heterocycles. The van der Waals surface area contributed by atoms with Crippen LogP contribution in [0.25, 0.3) is 0 Å². The predicted molar refractivity (Wildman–Crippen MR) is 135 cm³/mol. The summed E-state index contributed by atoms with van der Waals surface area (Å²) in [4.78, 5) is 27.1. The largest absolute Gasteiger partial charge is 0.352 e. The minimum Gasteiger partial charge on any atom is -0.352 e. The molecule has 4 rings (SSSR count). The number of hydrogen-bond donors (Lipinski definition) is 1. The second-order valence-electron chi connectivity index (χ2n) is 14.1. The molecule has 0 aromatic rings. The van der Waals surface area contributed by atoms with Crippen LogP contribution < -0.4 is 5.32 Å². The molecule has 1 saturated heterocycles. The van der Waals surface area contributed by atoms with Gasteiger partial charge in [-0.1, -0.05) is 27.7 Å². The molecule has 4 nitrogen and oxygen atoms in total. The van der Waals surface area contributed by atoms with Crippen molar-refractivity contribution in [1.82, 2.24) is 10.2 Å². The number of carbonyl (C=O) groups is 2. The molecule has 9 atom stereocenters. The SMILES string of the molecule is CC1C[C@H]2N(C)C(=O)CC[C@]2(C)[C@H]2CC[C@]3(C)[C@@H]([C@H](C)CCC(=O)NC(C)(C)C)CC[C@H]3[C@H]12. The van der Waals surface area contributed by atoms with Crippen LogP contribution in [-0.2, 0) is 9.59 Å². The highest BCUT2D eigenvalue weighted by atomic mass is 16.2. The summed E-state index contributed by atoms with van der Waals surface area (Å²) in [5, 5.41) is 3.14. The maximum Gasteiger partial charge on any atom is 0.222 e. The molecule has 0 aromatic heterocycles. The lowest BCUT2D eigenvalue weighted by Crippen LogP contribution is -2.63. The van der Waals surface area contributed by atoms with Gasteiger partial charge in [0, 0.05) is 31.5 Å². The highest BCUT2D eigenvalue weighted by Gasteiger charge is 2.63. The van der Waals surface area contributed by atoms with Crippen LogP contribution >= 0.6 is 0 Å². The van der Waals surface area contributed by atoms with Gasteiger partial charge in [0.1, 0.15) is 0 Å². The zero-order valence-electron chi connectivity index (χ0n) is 22.7. The van der Waals surface area contributed by atoms with Crippen LogP contribution in [0.15, 0.2) is 0 Å². The van der Waals surface area contributed by atoms with Crippen LogP contribution in [0.2, 0.25) is 0 Å². The van der Waals surface area contributed by atoms with Gasteiger partial charge in [-0.25, -0.2) is 0 Å². The van der Waals surface area contributed by atoms with E-state index in [1.54, 1.807) is 0 Å². The van der Waals surface area contributed by atoms with Crippen molar-refractivity contribution in [3.63, 3.8) is 0 Å². The number of rotatable bonds is 4. The van der Waals surface area contributed by atoms with Gasteiger partial charge < -0.3 is 10.2 Å². The van der Waals surface area contributed by atoms with Gasteiger partial charge in [-0.05, 0) is 112 Å². The molecule has 2 amide bonds. The molecule has 0 radical (unpaired) electrons. The Balaban J connectivity index is 1.48. The summed E-state index contributed by atoms with van der Waals surface area (Å²) >= 11 is 0. The van der Waals surface area contributed by atoms with Gasteiger partial charge in [0.15, 0.2) is 0 Å². The van der Waals surface area contributed by atoms with E-state index in [1.165, 1.54) is 32.1 Å². The molecule has 0 spiro atoms. The molecule has 3 aliphatic carbocycles. The van der Waals surface area contributed by atoms with Crippen molar-refractivity contribution < 1.29 is 9.59 Å². The topological polar surface area (TPSA) is 49.4 Å². The van der Waals surface area contributed by atoms with Gasteiger partial charge in [0.25, 0.3) is 0 Å². The first-order valence-corrected chi connectivity index (χ1v) is 13.8. The van der Waals surface area contributed by atoms with Crippen LogP contribution in [-0.4, -0.2) is 35.3 Å². The van der Waals surface area contributed by atoms with E-state index in [1.807, 2.05) is 0 Å². The smallest absolute Gasteiger partial charge is 0.222 e. The zero-order valence-corrected chi connectivity index (χ0v) is 22.7. The van der Waals surface area contributed by atoms with Crippen LogP contribution in [0.4, 0.5) is 0 Å². The number of amides is 2. The number of nitrogens with one attached hydrogen (secondary N) is 1. The normalized spacial score (nSPS) is 44.0. The van der Waals surface area contributed by atoms with E-state index in [9.17, 15) is 9.59 Å². The quantitative estimate of drug-likeness (QED) is 0.558. The summed E-state index contributed by atoms with van der Waals surface area (Å²) in [6.07, 6.45) is 10.0. The van der Waals surface area contributed by atoms with Crippen molar-refractivity contribution >= 4 is 11.8 Å². The minimum atomic E-state index is -0.147. The first-order valence-electron chi connectivity index (χ1n) is 13.8. The predicted octanol–water partition coefficient (Wildman–Crippen LogP) is 6.04. The van der Waals surface area contributed by atoms with Crippen molar-refractivity contribution in [1.29, 1.82) is 0 Å². The van der Waals surface area contributed by atoms with Crippen molar-refractivity contribution in [2.75, 3.05) is 7.05 Å². The molecule has 1 unspecified atom stereocenters. The van der Waals surface area contributed by atoms with E-state index in [2.05, 4.69) is 65.7 Å². The van der Waals surface area contributed by atoms with E-state index in [0.717, 1.165) is 42.9 Å². The maximum atomic E-state index is 12.5. The van der Waals surface area contributed by atoms with Gasteiger partial charge in [-0.15, -0.1) is 0 Å². The van der Waals surface area contributed by atoms with Crippen molar-refractivity contribution in [3.8, 4) is 0 Å². The molecule has 188 valence electrons. The van der Waals surface area contributed by atoms with E-state index in [0.29, 0.717) is 35.6 Å². The molecule has 1 heterocycles. The number of fused-ring (bicyclic) bond motifs is 5. The number of carbonyl (C=O) groups excluding carboxylic acids is 2. The van der Waals surface area contributed by atoms with Crippen molar-refractivity contribution in [2.45, 2.75) is 118 Å². The van der Waals surface area contributed by atoms with Crippen LogP contribution in [0.5, 0.6) is 0 Å². The third-order valence-corrected chi connectivity index (χ3v) is 11.0. The van der Waals surface area contributed by atoms with Crippen LogP contribution in [0, 0.1) is 46.3 Å². The third kappa shape index (κ3) is 4.27. The fourth-order valence-electron chi connectivity index (χ4n) is 9.48. The molecule has 4 aliphatic rings. The van der Waals surface area contributed by atoms with E-state index in [-0.39, 0.29) is 16.9 Å². The average molecular weight is 459 g/mol. The summed E-state index contributed by atoms with van der Waals surface area (Å²) in [5.41, 5.74) is 0.552. The fourth-order valence-corrected chi connectivity index (χ4v) is 9.48. The number of piperidine rings is 1. The Labute approximate surface area is 203 Å². The highest BCUT2D eigenvalue weighted by molar-refractivity contribution is 5.77. The molecule has 4 heteroatoms. The summed E-state index contributed by atoms with van der Waals surface area (Å²) in [5.74, 6) is 4.95. The first-order chi connectivity index (χ1) is 15.3. The monoisotopic (exact) mass is 458 g/mol. The fraction of sp³-hybridized carbons (Fsp3) is 0.931. The van der Waals surface area contributed by atoms with Crippen molar-refractivity contribution in [2.24, 2.45) is 46.3 Å². The first kappa shape index (κ1) is 25.0. The Hall–Kier alpha value is -1.06. The zero-order chi connectivity index (χ0) is 24.3. The second kappa shape index (κ2) is 8.55. The lowest BCUT2D eigenvalue weighted by atomic mass is 9.44. The Morgan fingerprint density at radius 1 is 1.12 bits per heavy atom. The summed E-state index contributed by atoms with van der Waals surface area (Å²) < 4.78 is 0. The van der Waals surface area contributed by atoms with Crippen LogP contribution in [0.3, 0.4) is 0 Å². The van der Waals surface area contributed by atoms with E-state index >= 15 is 0 Å². The molecule has 0 aromatic carbocycles. The third-order valence-electron chi connectivity index (χ3n) is 11.0. The summed E-state index contributed by atoms with van der Waals surface area (Å²) in [6, 6.07) is 0.428. The van der Waals surface area contributed by atoms with Gasteiger partial charge in [0.05, 0.1) is 0 Å².